The van der Waals surface area contributed by atoms with Crippen LogP contribution in [-0.2, 0) is 4.74 Å². The Labute approximate surface area is 130 Å². The van der Waals surface area contributed by atoms with E-state index < -0.39 is 0 Å². The third-order valence-electron chi connectivity index (χ3n) is 2.99. The van der Waals surface area contributed by atoms with Gasteiger partial charge in [0.15, 0.2) is 0 Å². The van der Waals surface area contributed by atoms with Gasteiger partial charge in [-0.15, -0.1) is 17.3 Å². The smallest absolute Gasteiger partial charge is 0.0721 e. The van der Waals surface area contributed by atoms with E-state index in [4.69, 9.17) is 16.3 Å². The van der Waals surface area contributed by atoms with Crippen molar-refractivity contribution in [3.05, 3.63) is 30.0 Å². The van der Waals surface area contributed by atoms with Crippen molar-refractivity contribution < 1.29 is 4.74 Å². The zero-order valence-corrected chi connectivity index (χ0v) is 13.8. The zero-order chi connectivity index (χ0) is 14.7. The Bertz CT molecular complexity index is 265. The number of alkyl halides is 1. The highest BCUT2D eigenvalue weighted by atomic mass is 35.5. The minimum Gasteiger partial charge on any atom is -0.376 e. The monoisotopic (exact) mass is 298 g/mol. The Hall–Kier alpha value is -0.490. The van der Waals surface area contributed by atoms with E-state index in [2.05, 4.69) is 24.8 Å². The molecule has 0 aliphatic carbocycles. The molecule has 0 N–H and O–H groups in total. The predicted molar refractivity (Wildman–Crippen MR) is 90.6 cm³/mol. The standard InChI is InChI=1S/C18H31ClO/c1-2-3-4-5-6-7-8-11-14-17-20-18-15-12-9-10-13-16-19/h8-9,11,15H,2-7,10,13-14,16-18H2,1H3. The highest BCUT2D eigenvalue weighted by molar-refractivity contribution is 6.17. The van der Waals surface area contributed by atoms with Crippen molar-refractivity contribution in [1.82, 2.24) is 0 Å². The second kappa shape index (κ2) is 18.5. The average molecular weight is 299 g/mol. The Morgan fingerprint density at radius 3 is 2.50 bits per heavy atom. The average Bonchev–Trinajstić information content (AvgIpc) is 2.47. The number of rotatable bonds is 14. The Morgan fingerprint density at radius 2 is 1.70 bits per heavy atom. The van der Waals surface area contributed by atoms with Crippen LogP contribution in [0, 0.1) is 0 Å². The van der Waals surface area contributed by atoms with E-state index in [9.17, 15) is 0 Å². The molecule has 0 saturated carbocycles. The Morgan fingerprint density at radius 1 is 0.900 bits per heavy atom. The maximum absolute atomic E-state index is 5.58. The largest absolute Gasteiger partial charge is 0.376 e. The van der Waals surface area contributed by atoms with Crippen molar-refractivity contribution in [3.8, 4) is 0 Å². The number of ether oxygens (including phenoxy) is 1. The number of unbranched alkanes of at least 4 members (excludes halogenated alkanes) is 6. The first-order valence-electron chi connectivity index (χ1n) is 8.10. The van der Waals surface area contributed by atoms with Gasteiger partial charge < -0.3 is 4.74 Å². The lowest BCUT2D eigenvalue weighted by atomic mass is 10.1. The van der Waals surface area contributed by atoms with Crippen molar-refractivity contribution in [3.63, 3.8) is 0 Å². The van der Waals surface area contributed by atoms with Crippen molar-refractivity contribution in [2.75, 3.05) is 19.1 Å². The van der Waals surface area contributed by atoms with Gasteiger partial charge >= 0.3 is 0 Å². The second-order valence-corrected chi connectivity index (χ2v) is 5.32. The first-order chi connectivity index (χ1) is 9.91. The lowest BCUT2D eigenvalue weighted by Crippen LogP contribution is -1.91. The van der Waals surface area contributed by atoms with Gasteiger partial charge in [-0.25, -0.2) is 0 Å². The normalized spacial score (nSPS) is 10.7. The van der Waals surface area contributed by atoms with Gasteiger partial charge in [0.05, 0.1) is 13.2 Å². The van der Waals surface area contributed by atoms with E-state index in [1.807, 2.05) is 12.2 Å². The van der Waals surface area contributed by atoms with Crippen LogP contribution < -0.4 is 0 Å². The second-order valence-electron chi connectivity index (χ2n) is 4.94. The highest BCUT2D eigenvalue weighted by Crippen LogP contribution is 2.05. The van der Waals surface area contributed by atoms with Crippen LogP contribution in [0.25, 0.3) is 0 Å². The van der Waals surface area contributed by atoms with Crippen molar-refractivity contribution in [2.24, 2.45) is 0 Å². The lowest BCUT2D eigenvalue weighted by Gasteiger charge is -1.97. The van der Waals surface area contributed by atoms with Crippen molar-refractivity contribution in [2.45, 2.75) is 64.7 Å². The van der Waals surface area contributed by atoms with Crippen LogP contribution in [0.15, 0.2) is 30.0 Å². The summed E-state index contributed by atoms with van der Waals surface area (Å²) in [6, 6.07) is 0. The molecule has 0 aliphatic heterocycles. The van der Waals surface area contributed by atoms with Gasteiger partial charge in [0, 0.05) is 5.88 Å². The summed E-state index contributed by atoms with van der Waals surface area (Å²) in [4.78, 5) is 0. The fourth-order valence-corrected chi connectivity index (χ4v) is 1.94. The summed E-state index contributed by atoms with van der Waals surface area (Å²) in [5, 5.41) is 0. The fourth-order valence-electron chi connectivity index (χ4n) is 1.79. The predicted octanol–water partition coefficient (Wildman–Crippen LogP) is 6.04. The van der Waals surface area contributed by atoms with E-state index in [0.717, 1.165) is 31.7 Å². The molecule has 0 saturated heterocycles. The maximum atomic E-state index is 5.58. The molecule has 0 bridgehead atoms. The van der Waals surface area contributed by atoms with Crippen LogP contribution in [0.2, 0.25) is 0 Å². The molecule has 0 fully saturated rings. The van der Waals surface area contributed by atoms with E-state index >= 15 is 0 Å². The molecule has 0 unspecified atom stereocenters. The summed E-state index contributed by atoms with van der Waals surface area (Å²) in [5.41, 5.74) is 3.10. The van der Waals surface area contributed by atoms with E-state index in [-0.39, 0.29) is 0 Å². The molecular weight excluding hydrogens is 268 g/mol. The fraction of sp³-hybridized carbons (Fsp3) is 0.722. The minimum atomic E-state index is 0.655. The molecule has 0 aliphatic rings. The van der Waals surface area contributed by atoms with Gasteiger partial charge in [-0.1, -0.05) is 44.8 Å². The minimum absolute atomic E-state index is 0.655. The molecule has 20 heavy (non-hydrogen) atoms. The molecule has 0 atom stereocenters. The molecule has 0 aromatic heterocycles. The molecule has 0 aromatic rings. The summed E-state index contributed by atoms with van der Waals surface area (Å²) < 4.78 is 5.48. The molecule has 1 nitrogen and oxygen atoms in total. The number of allylic oxidation sites excluding steroid dienone is 1. The third kappa shape index (κ3) is 17.5. The molecule has 0 amide bonds. The van der Waals surface area contributed by atoms with Crippen LogP contribution in [0.5, 0.6) is 0 Å². The highest BCUT2D eigenvalue weighted by Gasteiger charge is 1.86. The quantitative estimate of drug-likeness (QED) is 0.164. The van der Waals surface area contributed by atoms with Crippen LogP contribution in [0.1, 0.15) is 64.7 Å². The van der Waals surface area contributed by atoms with Crippen molar-refractivity contribution in [1.29, 1.82) is 0 Å². The van der Waals surface area contributed by atoms with E-state index in [1.165, 1.54) is 38.5 Å². The Balaban J connectivity index is 3.21. The first kappa shape index (κ1) is 19.5. The third-order valence-corrected chi connectivity index (χ3v) is 3.26. The molecule has 0 spiro atoms. The van der Waals surface area contributed by atoms with Gasteiger partial charge in [-0.3, -0.25) is 0 Å². The first-order valence-corrected chi connectivity index (χ1v) is 8.63. The summed E-state index contributed by atoms with van der Waals surface area (Å²) >= 11 is 5.58. The zero-order valence-electron chi connectivity index (χ0n) is 13.1. The van der Waals surface area contributed by atoms with Crippen LogP contribution in [0.3, 0.4) is 0 Å². The molecule has 0 radical (unpaired) electrons. The van der Waals surface area contributed by atoms with Gasteiger partial charge in [0.25, 0.3) is 0 Å². The Kier molecular flexibility index (Phi) is 18.1. The van der Waals surface area contributed by atoms with Crippen molar-refractivity contribution >= 4 is 11.6 Å². The van der Waals surface area contributed by atoms with Crippen LogP contribution in [-0.4, -0.2) is 19.1 Å². The maximum Gasteiger partial charge on any atom is 0.0721 e. The molecule has 0 heterocycles. The summed E-state index contributed by atoms with van der Waals surface area (Å²) in [6.07, 6.45) is 19.5. The van der Waals surface area contributed by atoms with Gasteiger partial charge in [0.1, 0.15) is 0 Å². The molecule has 2 heteroatoms. The summed E-state index contributed by atoms with van der Waals surface area (Å²) in [5.74, 6) is 0.722. The number of hydrogen-bond acceptors (Lipinski definition) is 1. The van der Waals surface area contributed by atoms with Crippen LogP contribution >= 0.6 is 11.6 Å². The van der Waals surface area contributed by atoms with Gasteiger partial charge in [-0.05, 0) is 44.3 Å². The summed E-state index contributed by atoms with van der Waals surface area (Å²) in [7, 11) is 0. The number of halogens is 1. The molecular formula is C18H31ClO. The summed E-state index contributed by atoms with van der Waals surface area (Å²) in [6.45, 7) is 3.71. The van der Waals surface area contributed by atoms with Gasteiger partial charge in [-0.2, -0.15) is 0 Å². The SMILES string of the molecule is CCCCCCCC=CCCOCC=C=CCCCCl. The van der Waals surface area contributed by atoms with Crippen LogP contribution in [0.4, 0.5) is 0 Å². The van der Waals surface area contributed by atoms with Gasteiger partial charge in [0.2, 0.25) is 0 Å². The topological polar surface area (TPSA) is 9.23 Å². The lowest BCUT2D eigenvalue weighted by molar-refractivity contribution is 0.167. The molecule has 0 rings (SSSR count). The molecule has 116 valence electrons. The van der Waals surface area contributed by atoms with E-state index in [0.29, 0.717) is 6.61 Å². The number of hydrogen-bond donors (Lipinski definition) is 0. The van der Waals surface area contributed by atoms with E-state index in [1.54, 1.807) is 0 Å². The molecule has 0 aromatic carbocycles.